The minimum atomic E-state index is 0.792. The van der Waals surface area contributed by atoms with Gasteiger partial charge < -0.3 is 9.47 Å². The Balaban J connectivity index is 1.43. The molecule has 0 atom stereocenters. The van der Waals surface area contributed by atoms with E-state index in [1.807, 2.05) is 36.4 Å². The molecule has 0 saturated carbocycles. The van der Waals surface area contributed by atoms with Gasteiger partial charge in [-0.05, 0) is 66.6 Å². The Hall–Kier alpha value is -2.75. The van der Waals surface area contributed by atoms with Crippen LogP contribution in [0.15, 0.2) is 54.6 Å². The molecule has 0 bridgehead atoms. The number of nitrogens with zero attached hydrogens (tertiary/aromatic N) is 1. The molecule has 1 aromatic heterocycles. The van der Waals surface area contributed by atoms with Crippen molar-refractivity contribution >= 4 is 0 Å². The number of hydrogen-bond donors (Lipinski definition) is 1. The predicted octanol–water partition coefficient (Wildman–Crippen LogP) is 7.27. The van der Waals surface area contributed by atoms with Crippen LogP contribution in [0.2, 0.25) is 0 Å². The molecule has 1 heterocycles. The molecule has 4 nitrogen and oxygen atoms in total. The lowest BCUT2D eigenvalue weighted by Gasteiger charge is -2.07. The summed E-state index contributed by atoms with van der Waals surface area (Å²) in [6.07, 6.45) is 10.5. The van der Waals surface area contributed by atoms with E-state index in [9.17, 15) is 0 Å². The largest absolute Gasteiger partial charge is 0.497 e. The molecule has 30 heavy (non-hydrogen) atoms. The van der Waals surface area contributed by atoms with E-state index in [0.29, 0.717) is 0 Å². The summed E-state index contributed by atoms with van der Waals surface area (Å²) in [4.78, 5) is 0. The van der Waals surface area contributed by atoms with Crippen molar-refractivity contribution in [1.82, 2.24) is 10.2 Å². The van der Waals surface area contributed by atoms with Gasteiger partial charge in [0.15, 0.2) is 0 Å². The summed E-state index contributed by atoms with van der Waals surface area (Å²) in [5, 5.41) is 7.58. The maximum Gasteiger partial charge on any atom is 0.119 e. The van der Waals surface area contributed by atoms with Crippen LogP contribution in [-0.2, 0) is 0 Å². The number of aromatic nitrogens is 2. The van der Waals surface area contributed by atoms with Crippen LogP contribution < -0.4 is 9.47 Å². The lowest BCUT2D eigenvalue weighted by molar-refractivity contribution is 0.304. The van der Waals surface area contributed by atoms with Gasteiger partial charge in [-0.15, -0.1) is 0 Å². The van der Waals surface area contributed by atoms with E-state index in [-0.39, 0.29) is 0 Å². The summed E-state index contributed by atoms with van der Waals surface area (Å²) < 4.78 is 11.1. The molecular weight excluding hydrogens is 372 g/mol. The normalized spacial score (nSPS) is 10.9. The third kappa shape index (κ3) is 6.65. The first-order valence-corrected chi connectivity index (χ1v) is 11.2. The monoisotopic (exact) mass is 406 g/mol. The van der Waals surface area contributed by atoms with E-state index in [0.717, 1.165) is 47.0 Å². The molecule has 2 aromatic carbocycles. The molecule has 1 N–H and O–H groups in total. The van der Waals surface area contributed by atoms with Gasteiger partial charge in [0.25, 0.3) is 0 Å². The van der Waals surface area contributed by atoms with Crippen LogP contribution in [0.3, 0.4) is 0 Å². The molecule has 160 valence electrons. The summed E-state index contributed by atoms with van der Waals surface area (Å²) in [6, 6.07) is 18.2. The second-order valence-electron chi connectivity index (χ2n) is 7.74. The number of H-pyrrole nitrogens is 1. The zero-order valence-electron chi connectivity index (χ0n) is 18.3. The third-order valence-electron chi connectivity index (χ3n) is 5.40. The number of aromatic amines is 1. The summed E-state index contributed by atoms with van der Waals surface area (Å²) in [6.45, 7) is 3.05. The summed E-state index contributed by atoms with van der Waals surface area (Å²) in [5.41, 5.74) is 4.07. The van der Waals surface area contributed by atoms with E-state index >= 15 is 0 Å². The maximum absolute atomic E-state index is 5.90. The van der Waals surface area contributed by atoms with Gasteiger partial charge in [0.2, 0.25) is 0 Å². The molecule has 0 aliphatic heterocycles. The smallest absolute Gasteiger partial charge is 0.119 e. The molecule has 0 spiro atoms. The molecule has 0 unspecified atom stereocenters. The van der Waals surface area contributed by atoms with Crippen molar-refractivity contribution in [2.45, 2.75) is 58.3 Å². The standard InChI is InChI=1S/C26H34N2O2/c1-3-4-5-6-7-8-9-10-19-30-24-17-13-22(14-18-24)26-20-25(27-28-26)21-11-15-23(29-2)16-12-21/h11-18,20H,3-10,19H2,1-2H3,(H,27,28). The van der Waals surface area contributed by atoms with Crippen molar-refractivity contribution in [2.75, 3.05) is 13.7 Å². The van der Waals surface area contributed by atoms with Crippen LogP contribution in [0.1, 0.15) is 58.3 Å². The molecule has 0 amide bonds. The van der Waals surface area contributed by atoms with Crippen LogP contribution in [0.4, 0.5) is 0 Å². The summed E-state index contributed by atoms with van der Waals surface area (Å²) in [7, 11) is 1.67. The molecule has 3 aromatic rings. The predicted molar refractivity (Wildman–Crippen MR) is 124 cm³/mol. The summed E-state index contributed by atoms with van der Waals surface area (Å²) >= 11 is 0. The average molecular weight is 407 g/mol. The van der Waals surface area contributed by atoms with Gasteiger partial charge in [-0.25, -0.2) is 0 Å². The zero-order chi connectivity index (χ0) is 21.0. The number of hydrogen-bond acceptors (Lipinski definition) is 3. The third-order valence-corrected chi connectivity index (χ3v) is 5.40. The van der Waals surface area contributed by atoms with Gasteiger partial charge in [-0.2, -0.15) is 5.10 Å². The average Bonchev–Trinajstić information content (AvgIpc) is 3.29. The highest BCUT2D eigenvalue weighted by Gasteiger charge is 2.06. The Bertz CT molecular complexity index is 853. The highest BCUT2D eigenvalue weighted by molar-refractivity contribution is 5.68. The lowest BCUT2D eigenvalue weighted by atomic mass is 10.1. The zero-order valence-corrected chi connectivity index (χ0v) is 18.3. The molecule has 0 saturated heterocycles. The Morgan fingerprint density at radius 1 is 0.733 bits per heavy atom. The number of methoxy groups -OCH3 is 1. The molecule has 0 fully saturated rings. The van der Waals surface area contributed by atoms with Crippen LogP contribution in [0.25, 0.3) is 22.5 Å². The van der Waals surface area contributed by atoms with E-state index < -0.39 is 0 Å². The molecule has 3 rings (SSSR count). The quantitative estimate of drug-likeness (QED) is 0.304. The van der Waals surface area contributed by atoms with Crippen LogP contribution >= 0.6 is 0 Å². The van der Waals surface area contributed by atoms with Gasteiger partial charge in [0, 0.05) is 5.56 Å². The van der Waals surface area contributed by atoms with Gasteiger partial charge in [0.05, 0.1) is 25.1 Å². The fourth-order valence-electron chi connectivity index (χ4n) is 3.54. The topological polar surface area (TPSA) is 47.1 Å². The first-order valence-electron chi connectivity index (χ1n) is 11.2. The van der Waals surface area contributed by atoms with Crippen molar-refractivity contribution in [3.05, 3.63) is 54.6 Å². The van der Waals surface area contributed by atoms with Crippen molar-refractivity contribution < 1.29 is 9.47 Å². The number of ether oxygens (including phenoxy) is 2. The van der Waals surface area contributed by atoms with Crippen molar-refractivity contribution in [2.24, 2.45) is 0 Å². The Labute approximate surface area is 180 Å². The van der Waals surface area contributed by atoms with E-state index in [1.165, 1.54) is 44.9 Å². The van der Waals surface area contributed by atoms with E-state index in [1.54, 1.807) is 7.11 Å². The highest BCUT2D eigenvalue weighted by atomic mass is 16.5. The maximum atomic E-state index is 5.90. The minimum Gasteiger partial charge on any atom is -0.497 e. The number of benzene rings is 2. The summed E-state index contributed by atoms with van der Waals surface area (Å²) in [5.74, 6) is 1.77. The molecule has 0 aliphatic rings. The van der Waals surface area contributed by atoms with Crippen LogP contribution in [0, 0.1) is 0 Å². The molecule has 4 heteroatoms. The van der Waals surface area contributed by atoms with Crippen LogP contribution in [0.5, 0.6) is 11.5 Å². The van der Waals surface area contributed by atoms with Crippen molar-refractivity contribution in [3.63, 3.8) is 0 Å². The van der Waals surface area contributed by atoms with Gasteiger partial charge in [-0.3, -0.25) is 5.10 Å². The molecule has 0 aliphatic carbocycles. The SMILES string of the molecule is CCCCCCCCCCOc1ccc(-c2cc(-c3ccc(OC)cc3)n[nH]2)cc1. The lowest BCUT2D eigenvalue weighted by Crippen LogP contribution is -1.97. The second kappa shape index (κ2) is 12.1. The van der Waals surface area contributed by atoms with Crippen LogP contribution in [-0.4, -0.2) is 23.9 Å². The van der Waals surface area contributed by atoms with E-state index in [4.69, 9.17) is 9.47 Å². The number of rotatable bonds is 13. The Morgan fingerprint density at radius 3 is 2.00 bits per heavy atom. The number of nitrogens with one attached hydrogen (secondary N) is 1. The highest BCUT2D eigenvalue weighted by Crippen LogP contribution is 2.26. The fourth-order valence-corrected chi connectivity index (χ4v) is 3.54. The molecule has 0 radical (unpaired) electrons. The minimum absolute atomic E-state index is 0.792. The Morgan fingerprint density at radius 2 is 1.33 bits per heavy atom. The number of unbranched alkanes of at least 4 members (excludes halogenated alkanes) is 7. The van der Waals surface area contributed by atoms with Crippen molar-refractivity contribution in [3.8, 4) is 34.0 Å². The van der Waals surface area contributed by atoms with Gasteiger partial charge in [-0.1, -0.05) is 51.9 Å². The Kier molecular flexibility index (Phi) is 8.82. The van der Waals surface area contributed by atoms with Gasteiger partial charge >= 0.3 is 0 Å². The fraction of sp³-hybridized carbons (Fsp3) is 0.423. The second-order valence-corrected chi connectivity index (χ2v) is 7.74. The van der Waals surface area contributed by atoms with Crippen molar-refractivity contribution in [1.29, 1.82) is 0 Å². The van der Waals surface area contributed by atoms with Gasteiger partial charge in [0.1, 0.15) is 11.5 Å². The first-order chi connectivity index (χ1) is 14.8. The molecular formula is C26H34N2O2. The van der Waals surface area contributed by atoms with E-state index in [2.05, 4.69) is 35.3 Å². The first kappa shape index (κ1) is 21.9.